The number of aliphatic hydroxyl groups is 1. The van der Waals surface area contributed by atoms with Crippen LogP contribution in [0.3, 0.4) is 0 Å². The van der Waals surface area contributed by atoms with Crippen molar-refractivity contribution < 1.29 is 9.84 Å². The Balaban J connectivity index is 2.22. The van der Waals surface area contributed by atoms with Crippen LogP contribution < -0.4 is 4.74 Å². The van der Waals surface area contributed by atoms with Crippen LogP contribution >= 0.6 is 23.2 Å². The number of halogens is 2. The van der Waals surface area contributed by atoms with Crippen molar-refractivity contribution in [2.75, 3.05) is 0 Å². The Kier molecular flexibility index (Phi) is 4.92. The lowest BCUT2D eigenvalue weighted by molar-refractivity contribution is 0.259. The van der Waals surface area contributed by atoms with Gasteiger partial charge < -0.3 is 9.84 Å². The molecular formula is C16H16Cl2O2. The van der Waals surface area contributed by atoms with Crippen molar-refractivity contribution in [1.82, 2.24) is 0 Å². The zero-order valence-corrected chi connectivity index (χ0v) is 12.9. The quantitative estimate of drug-likeness (QED) is 0.888. The third-order valence-electron chi connectivity index (χ3n) is 2.92. The van der Waals surface area contributed by atoms with Gasteiger partial charge in [-0.1, -0.05) is 52.5 Å². The number of hydrogen-bond acceptors (Lipinski definition) is 2. The number of ether oxygens (including phenoxy) is 1. The van der Waals surface area contributed by atoms with Gasteiger partial charge in [0.2, 0.25) is 0 Å². The van der Waals surface area contributed by atoms with E-state index in [1.807, 2.05) is 13.8 Å². The Hall–Kier alpha value is -1.22. The van der Waals surface area contributed by atoms with E-state index in [1.54, 1.807) is 12.1 Å². The van der Waals surface area contributed by atoms with Gasteiger partial charge >= 0.3 is 0 Å². The molecule has 0 spiro atoms. The van der Waals surface area contributed by atoms with Crippen LogP contribution in [-0.4, -0.2) is 5.11 Å². The first-order valence-corrected chi connectivity index (χ1v) is 7.04. The van der Waals surface area contributed by atoms with Gasteiger partial charge in [-0.15, -0.1) is 0 Å². The summed E-state index contributed by atoms with van der Waals surface area (Å²) in [6, 6.07) is 9.51. The maximum atomic E-state index is 9.36. The van der Waals surface area contributed by atoms with E-state index in [2.05, 4.69) is 18.2 Å². The first-order chi connectivity index (χ1) is 9.49. The largest absolute Gasteiger partial charge is 0.487 e. The summed E-state index contributed by atoms with van der Waals surface area (Å²) in [5, 5.41) is 10.2. The summed E-state index contributed by atoms with van der Waals surface area (Å²) in [6.07, 6.45) is 0. The molecule has 2 rings (SSSR count). The maximum Gasteiger partial charge on any atom is 0.144 e. The lowest BCUT2D eigenvalue weighted by Gasteiger charge is -2.13. The number of aryl methyl sites for hydroxylation is 2. The minimum absolute atomic E-state index is 0.164. The minimum Gasteiger partial charge on any atom is -0.487 e. The van der Waals surface area contributed by atoms with E-state index in [0.29, 0.717) is 28.0 Å². The van der Waals surface area contributed by atoms with Crippen molar-refractivity contribution in [3.05, 3.63) is 62.6 Å². The van der Waals surface area contributed by atoms with Crippen molar-refractivity contribution in [2.24, 2.45) is 0 Å². The zero-order chi connectivity index (χ0) is 14.7. The Morgan fingerprint density at radius 1 is 1.00 bits per heavy atom. The van der Waals surface area contributed by atoms with Crippen LogP contribution in [0.4, 0.5) is 0 Å². The SMILES string of the molecule is Cc1cc(C)cc(COc2c(Cl)cc(Cl)cc2CO)c1. The molecule has 0 bridgehead atoms. The second-order valence-corrected chi connectivity index (χ2v) is 5.66. The second-order valence-electron chi connectivity index (χ2n) is 4.82. The number of rotatable bonds is 4. The third kappa shape index (κ3) is 3.66. The standard InChI is InChI=1S/C16H16Cl2O2/c1-10-3-11(2)5-12(4-10)9-20-16-13(8-19)6-14(17)7-15(16)18/h3-7,19H,8-9H2,1-2H3. The van der Waals surface area contributed by atoms with Crippen molar-refractivity contribution in [1.29, 1.82) is 0 Å². The van der Waals surface area contributed by atoms with E-state index < -0.39 is 0 Å². The highest BCUT2D eigenvalue weighted by Gasteiger charge is 2.10. The van der Waals surface area contributed by atoms with Gasteiger partial charge in [0.1, 0.15) is 12.4 Å². The van der Waals surface area contributed by atoms with Crippen LogP contribution in [0, 0.1) is 13.8 Å². The fourth-order valence-electron chi connectivity index (χ4n) is 2.20. The topological polar surface area (TPSA) is 29.5 Å². The van der Waals surface area contributed by atoms with E-state index in [-0.39, 0.29) is 6.61 Å². The van der Waals surface area contributed by atoms with Crippen LogP contribution in [0.5, 0.6) is 5.75 Å². The van der Waals surface area contributed by atoms with Crippen LogP contribution in [-0.2, 0) is 13.2 Å². The zero-order valence-electron chi connectivity index (χ0n) is 11.4. The van der Waals surface area contributed by atoms with Gasteiger partial charge in [0.05, 0.1) is 11.6 Å². The molecule has 1 N–H and O–H groups in total. The maximum absolute atomic E-state index is 9.36. The predicted octanol–water partition coefficient (Wildman–Crippen LogP) is 4.68. The molecule has 0 aromatic heterocycles. The van der Waals surface area contributed by atoms with Gasteiger partial charge in [-0.25, -0.2) is 0 Å². The molecule has 0 unspecified atom stereocenters. The van der Waals surface area contributed by atoms with Gasteiger partial charge in [0, 0.05) is 10.6 Å². The molecular weight excluding hydrogens is 295 g/mol. The average molecular weight is 311 g/mol. The molecule has 20 heavy (non-hydrogen) atoms. The lowest BCUT2D eigenvalue weighted by Crippen LogP contribution is -2.00. The summed E-state index contributed by atoms with van der Waals surface area (Å²) in [7, 11) is 0. The molecule has 106 valence electrons. The fourth-order valence-corrected chi connectivity index (χ4v) is 2.79. The molecule has 0 saturated carbocycles. The molecule has 2 aromatic rings. The van der Waals surface area contributed by atoms with Crippen LogP contribution in [0.1, 0.15) is 22.3 Å². The van der Waals surface area contributed by atoms with Gasteiger partial charge in [-0.3, -0.25) is 0 Å². The monoisotopic (exact) mass is 310 g/mol. The van der Waals surface area contributed by atoms with Crippen molar-refractivity contribution >= 4 is 23.2 Å². The van der Waals surface area contributed by atoms with Gasteiger partial charge in [-0.05, 0) is 31.5 Å². The lowest BCUT2D eigenvalue weighted by atomic mass is 10.1. The predicted molar refractivity (Wildman–Crippen MR) is 82.6 cm³/mol. The van der Waals surface area contributed by atoms with Crippen LogP contribution in [0.15, 0.2) is 30.3 Å². The van der Waals surface area contributed by atoms with Crippen molar-refractivity contribution in [3.8, 4) is 5.75 Å². The molecule has 2 aromatic carbocycles. The third-order valence-corrected chi connectivity index (χ3v) is 3.42. The van der Waals surface area contributed by atoms with Crippen LogP contribution in [0.2, 0.25) is 10.0 Å². The Bertz CT molecular complexity index is 604. The summed E-state index contributed by atoms with van der Waals surface area (Å²) < 4.78 is 5.76. The summed E-state index contributed by atoms with van der Waals surface area (Å²) in [6.45, 7) is 4.33. The molecule has 0 heterocycles. The minimum atomic E-state index is -0.164. The van der Waals surface area contributed by atoms with E-state index in [4.69, 9.17) is 27.9 Å². The van der Waals surface area contributed by atoms with Gasteiger partial charge in [0.25, 0.3) is 0 Å². The second kappa shape index (κ2) is 6.49. The molecule has 0 saturated heterocycles. The molecule has 0 atom stereocenters. The number of benzene rings is 2. The molecule has 0 fully saturated rings. The van der Waals surface area contributed by atoms with Crippen molar-refractivity contribution in [3.63, 3.8) is 0 Å². The first-order valence-electron chi connectivity index (χ1n) is 6.28. The normalized spacial score (nSPS) is 10.7. The molecule has 0 aliphatic carbocycles. The van der Waals surface area contributed by atoms with E-state index in [9.17, 15) is 5.11 Å². The summed E-state index contributed by atoms with van der Waals surface area (Å²) >= 11 is 12.0. The highest BCUT2D eigenvalue weighted by Crippen LogP contribution is 2.33. The van der Waals surface area contributed by atoms with E-state index in [1.165, 1.54) is 11.1 Å². The van der Waals surface area contributed by atoms with Crippen molar-refractivity contribution in [2.45, 2.75) is 27.1 Å². The van der Waals surface area contributed by atoms with Crippen LogP contribution in [0.25, 0.3) is 0 Å². The Morgan fingerprint density at radius 3 is 2.25 bits per heavy atom. The summed E-state index contributed by atoms with van der Waals surface area (Å²) in [5.74, 6) is 0.484. The highest BCUT2D eigenvalue weighted by molar-refractivity contribution is 6.35. The molecule has 0 amide bonds. The van der Waals surface area contributed by atoms with Gasteiger partial charge in [0.15, 0.2) is 0 Å². The number of hydrogen-bond donors (Lipinski definition) is 1. The summed E-state index contributed by atoms with van der Waals surface area (Å²) in [4.78, 5) is 0. The molecule has 4 heteroatoms. The van der Waals surface area contributed by atoms with E-state index in [0.717, 1.165) is 5.56 Å². The first kappa shape index (κ1) is 15.2. The molecule has 0 aliphatic heterocycles. The molecule has 0 radical (unpaired) electrons. The molecule has 0 aliphatic rings. The highest BCUT2D eigenvalue weighted by atomic mass is 35.5. The molecule has 2 nitrogen and oxygen atoms in total. The fraction of sp³-hybridized carbons (Fsp3) is 0.250. The summed E-state index contributed by atoms with van der Waals surface area (Å²) in [5.41, 5.74) is 4.03. The Morgan fingerprint density at radius 2 is 1.65 bits per heavy atom. The smallest absolute Gasteiger partial charge is 0.144 e. The number of aliphatic hydroxyl groups excluding tert-OH is 1. The van der Waals surface area contributed by atoms with Gasteiger partial charge in [-0.2, -0.15) is 0 Å². The average Bonchev–Trinajstić information content (AvgIpc) is 2.35. The van der Waals surface area contributed by atoms with E-state index >= 15 is 0 Å². The Labute approximate surface area is 128 Å².